The third kappa shape index (κ3) is 3.61. The summed E-state index contributed by atoms with van der Waals surface area (Å²) in [5.74, 6) is -2.60. The molecule has 0 spiro atoms. The van der Waals surface area contributed by atoms with Crippen LogP contribution in [0, 0.1) is 35.0 Å². The highest BCUT2D eigenvalue weighted by Gasteiger charge is 2.51. The van der Waals surface area contributed by atoms with E-state index < -0.39 is 23.7 Å². The van der Waals surface area contributed by atoms with E-state index in [1.807, 2.05) is 17.5 Å². The number of carbonyl (C=O) groups is 3. The Morgan fingerprint density at radius 2 is 1.79 bits per heavy atom. The van der Waals surface area contributed by atoms with E-state index in [1.54, 1.807) is 11.3 Å². The largest absolute Gasteiger partial charge is 0.481 e. The van der Waals surface area contributed by atoms with Gasteiger partial charge in [0.2, 0.25) is 5.91 Å². The summed E-state index contributed by atoms with van der Waals surface area (Å²) >= 11 is 1.61. The van der Waals surface area contributed by atoms with E-state index in [9.17, 15) is 19.5 Å². The fourth-order valence-electron chi connectivity index (χ4n) is 5.23. The van der Waals surface area contributed by atoms with Crippen molar-refractivity contribution >= 4 is 29.1 Å². The van der Waals surface area contributed by atoms with Crippen molar-refractivity contribution in [3.8, 4) is 0 Å². The van der Waals surface area contributed by atoms with Gasteiger partial charge < -0.3 is 5.11 Å². The van der Waals surface area contributed by atoms with Crippen LogP contribution in [0.1, 0.15) is 54.4 Å². The first-order chi connectivity index (χ1) is 13.7. The Bertz CT molecular complexity index is 882. The maximum absolute atomic E-state index is 12.7. The topological polar surface area (TPSA) is 95.5 Å². The maximum atomic E-state index is 12.7. The third-order valence-corrected chi connectivity index (χ3v) is 8.02. The second kappa shape index (κ2) is 7.27. The molecule has 1 fully saturated rings. The molecule has 0 saturated heterocycles. The first-order valence-electron chi connectivity index (χ1n) is 10.3. The van der Waals surface area contributed by atoms with E-state index in [1.165, 1.54) is 4.88 Å². The van der Waals surface area contributed by atoms with Crippen LogP contribution in [0.3, 0.4) is 0 Å². The van der Waals surface area contributed by atoms with E-state index in [0.29, 0.717) is 17.9 Å². The van der Waals surface area contributed by atoms with E-state index in [4.69, 9.17) is 0 Å². The van der Waals surface area contributed by atoms with Crippen LogP contribution in [0.4, 0.5) is 0 Å². The standard InChI is InChI=1S/C22H28N2O4S/c1-22(2,3)13-6-7-14-15(10-29-16(14)9-13)19(25)23-24-20(26)17-11-4-5-12(8-11)18(17)21(27)28/h4-5,10-13,17-18H,6-9H2,1-3H3,(H,23,25)(H,24,26)(H,27,28)/t11-,12-,13+,17-,18-/m0/s1. The number of thiophene rings is 1. The van der Waals surface area contributed by atoms with Gasteiger partial charge in [0.05, 0.1) is 17.4 Å². The van der Waals surface area contributed by atoms with Crippen LogP contribution in [0.5, 0.6) is 0 Å². The summed E-state index contributed by atoms with van der Waals surface area (Å²) in [5.41, 5.74) is 6.97. The monoisotopic (exact) mass is 416 g/mol. The smallest absolute Gasteiger partial charge is 0.307 e. The lowest BCUT2D eigenvalue weighted by molar-refractivity contribution is -0.148. The van der Waals surface area contributed by atoms with Gasteiger partial charge in [0.1, 0.15) is 0 Å². The van der Waals surface area contributed by atoms with Crippen LogP contribution in [-0.2, 0) is 22.4 Å². The zero-order chi connectivity index (χ0) is 20.9. The third-order valence-electron chi connectivity index (χ3n) is 6.97. The van der Waals surface area contributed by atoms with Crippen molar-refractivity contribution in [3.05, 3.63) is 33.5 Å². The number of fused-ring (bicyclic) bond motifs is 3. The van der Waals surface area contributed by atoms with E-state index >= 15 is 0 Å². The first-order valence-corrected chi connectivity index (χ1v) is 11.2. The summed E-state index contributed by atoms with van der Waals surface area (Å²) < 4.78 is 0. The molecule has 3 aliphatic rings. The summed E-state index contributed by atoms with van der Waals surface area (Å²) in [6.45, 7) is 6.78. The second-order valence-corrected chi connectivity index (χ2v) is 10.6. The molecule has 1 aromatic heterocycles. The number of allylic oxidation sites excluding steroid dienone is 2. The predicted octanol–water partition coefficient (Wildman–Crippen LogP) is 3.18. The van der Waals surface area contributed by atoms with Crippen LogP contribution >= 0.6 is 11.3 Å². The fraction of sp³-hybridized carbons (Fsp3) is 0.591. The number of rotatable bonds is 3. The predicted molar refractivity (Wildman–Crippen MR) is 110 cm³/mol. The molecule has 6 nitrogen and oxygen atoms in total. The van der Waals surface area contributed by atoms with E-state index in [-0.39, 0.29) is 23.2 Å². The number of hydrogen-bond acceptors (Lipinski definition) is 4. The fourth-order valence-corrected chi connectivity index (χ4v) is 6.39. The molecule has 29 heavy (non-hydrogen) atoms. The number of aliphatic carboxylic acids is 1. The van der Waals surface area contributed by atoms with Crippen molar-refractivity contribution in [2.75, 3.05) is 0 Å². The number of carboxylic acid groups (broad SMARTS) is 1. The van der Waals surface area contributed by atoms with Crippen molar-refractivity contribution < 1.29 is 19.5 Å². The van der Waals surface area contributed by atoms with Gasteiger partial charge in [0.15, 0.2) is 0 Å². The molecule has 1 heterocycles. The summed E-state index contributed by atoms with van der Waals surface area (Å²) in [7, 11) is 0. The average molecular weight is 417 g/mol. The molecule has 0 unspecified atom stereocenters. The number of carbonyl (C=O) groups excluding carboxylic acids is 2. The van der Waals surface area contributed by atoms with Gasteiger partial charge in [-0.05, 0) is 54.4 Å². The van der Waals surface area contributed by atoms with Gasteiger partial charge in [0.25, 0.3) is 5.91 Å². The van der Waals surface area contributed by atoms with Gasteiger partial charge in [-0.3, -0.25) is 25.2 Å². The summed E-state index contributed by atoms with van der Waals surface area (Å²) in [5, 5.41) is 11.4. The van der Waals surface area contributed by atoms with Gasteiger partial charge >= 0.3 is 5.97 Å². The zero-order valence-electron chi connectivity index (χ0n) is 17.0. The molecule has 4 rings (SSSR count). The Labute approximate surface area is 174 Å². The number of hydrazine groups is 1. The van der Waals surface area contributed by atoms with Crippen molar-refractivity contribution in [1.29, 1.82) is 0 Å². The van der Waals surface area contributed by atoms with Gasteiger partial charge in [-0.2, -0.15) is 0 Å². The lowest BCUT2D eigenvalue weighted by Crippen LogP contribution is -2.48. The SMILES string of the molecule is CC(C)(C)[C@@H]1CCc2c(C(=O)NNC(=O)[C@@H]3[C@@H](C(=O)O)[C@H]4C=C[C@H]3C4)csc2C1. The molecule has 0 radical (unpaired) electrons. The molecule has 2 bridgehead atoms. The zero-order valence-corrected chi connectivity index (χ0v) is 17.8. The molecule has 2 amide bonds. The molecule has 0 aliphatic heterocycles. The van der Waals surface area contributed by atoms with Crippen molar-refractivity contribution in [3.63, 3.8) is 0 Å². The van der Waals surface area contributed by atoms with Crippen molar-refractivity contribution in [2.45, 2.75) is 46.5 Å². The highest BCUT2D eigenvalue weighted by molar-refractivity contribution is 7.10. The first kappa shape index (κ1) is 20.1. The molecule has 7 heteroatoms. The number of hydrogen-bond donors (Lipinski definition) is 3. The molecular weight excluding hydrogens is 388 g/mol. The minimum absolute atomic E-state index is 0.0683. The summed E-state index contributed by atoms with van der Waals surface area (Å²) in [6, 6.07) is 0. The lowest BCUT2D eigenvalue weighted by atomic mass is 9.72. The van der Waals surface area contributed by atoms with E-state index in [2.05, 4.69) is 31.6 Å². The molecular formula is C22H28N2O4S. The Balaban J connectivity index is 1.40. The molecule has 3 N–H and O–H groups in total. The molecule has 1 aromatic rings. The minimum atomic E-state index is -0.950. The summed E-state index contributed by atoms with van der Waals surface area (Å²) in [4.78, 5) is 38.2. The molecule has 3 aliphatic carbocycles. The highest BCUT2D eigenvalue weighted by atomic mass is 32.1. The van der Waals surface area contributed by atoms with Crippen molar-refractivity contribution in [1.82, 2.24) is 10.9 Å². The summed E-state index contributed by atoms with van der Waals surface area (Å²) in [6.07, 6.45) is 7.43. The van der Waals surface area contributed by atoms with Gasteiger partial charge in [-0.1, -0.05) is 32.9 Å². The van der Waals surface area contributed by atoms with Crippen LogP contribution in [0.15, 0.2) is 17.5 Å². The molecule has 5 atom stereocenters. The molecule has 156 valence electrons. The normalized spacial score (nSPS) is 30.1. The number of nitrogens with one attached hydrogen (secondary N) is 2. The van der Waals surface area contributed by atoms with Crippen LogP contribution in [0.2, 0.25) is 0 Å². The van der Waals surface area contributed by atoms with Crippen LogP contribution < -0.4 is 10.9 Å². The van der Waals surface area contributed by atoms with Crippen LogP contribution in [0.25, 0.3) is 0 Å². The molecule has 0 aromatic carbocycles. The van der Waals surface area contributed by atoms with Crippen molar-refractivity contribution in [2.24, 2.45) is 35.0 Å². The quantitative estimate of drug-likeness (QED) is 0.521. The van der Waals surface area contributed by atoms with Gasteiger partial charge in [-0.25, -0.2) is 0 Å². The maximum Gasteiger partial charge on any atom is 0.307 e. The van der Waals surface area contributed by atoms with Gasteiger partial charge in [0, 0.05) is 10.3 Å². The minimum Gasteiger partial charge on any atom is -0.481 e. The lowest BCUT2D eigenvalue weighted by Gasteiger charge is -2.34. The Kier molecular flexibility index (Phi) is 5.05. The Hall–Kier alpha value is -2.15. The Morgan fingerprint density at radius 1 is 1.10 bits per heavy atom. The molecule has 1 saturated carbocycles. The Morgan fingerprint density at radius 3 is 2.45 bits per heavy atom. The van der Waals surface area contributed by atoms with Crippen LogP contribution in [-0.4, -0.2) is 22.9 Å². The number of amides is 2. The van der Waals surface area contributed by atoms with E-state index in [0.717, 1.165) is 24.8 Å². The second-order valence-electron chi connectivity index (χ2n) is 9.64. The highest BCUT2D eigenvalue weighted by Crippen LogP contribution is 2.48. The average Bonchev–Trinajstić information content (AvgIpc) is 3.37. The number of carboxylic acids is 1. The van der Waals surface area contributed by atoms with Gasteiger partial charge in [-0.15, -0.1) is 11.3 Å².